The first-order valence-electron chi connectivity index (χ1n) is 7.82. The minimum Gasteiger partial charge on any atom is -0.506 e. The SMILES string of the molecule is COC(=O)C1=C(O)C(=Cc2ccc(SC)cc2)SC1=Nc1ccccc1. The molecule has 0 fully saturated rings. The summed E-state index contributed by atoms with van der Waals surface area (Å²) in [4.78, 5) is 18.4. The van der Waals surface area contributed by atoms with Gasteiger partial charge in [0.05, 0.1) is 17.7 Å². The zero-order chi connectivity index (χ0) is 18.5. The van der Waals surface area contributed by atoms with Gasteiger partial charge in [0.1, 0.15) is 16.4 Å². The summed E-state index contributed by atoms with van der Waals surface area (Å²) in [6, 6.07) is 17.3. The van der Waals surface area contributed by atoms with Crippen LogP contribution >= 0.6 is 23.5 Å². The molecule has 1 aliphatic heterocycles. The van der Waals surface area contributed by atoms with Crippen LogP contribution in [0.1, 0.15) is 5.56 Å². The molecule has 0 unspecified atom stereocenters. The number of thioether (sulfide) groups is 2. The monoisotopic (exact) mass is 383 g/mol. The molecule has 1 aliphatic rings. The molecule has 1 heterocycles. The lowest BCUT2D eigenvalue weighted by atomic mass is 10.1. The fourth-order valence-electron chi connectivity index (χ4n) is 2.36. The van der Waals surface area contributed by atoms with E-state index in [0.29, 0.717) is 15.6 Å². The quantitative estimate of drug-likeness (QED) is 0.580. The molecular formula is C20H17NO3S2. The van der Waals surface area contributed by atoms with Gasteiger partial charge in [0.2, 0.25) is 0 Å². The molecule has 0 aromatic heterocycles. The van der Waals surface area contributed by atoms with E-state index in [1.54, 1.807) is 11.8 Å². The molecule has 6 heteroatoms. The van der Waals surface area contributed by atoms with Crippen molar-refractivity contribution in [1.82, 2.24) is 0 Å². The Balaban J connectivity index is 2.00. The van der Waals surface area contributed by atoms with Crippen LogP contribution < -0.4 is 0 Å². The summed E-state index contributed by atoms with van der Waals surface area (Å²) in [5, 5.41) is 11.0. The van der Waals surface area contributed by atoms with Crippen molar-refractivity contribution < 1.29 is 14.6 Å². The van der Waals surface area contributed by atoms with Crippen LogP contribution in [0.5, 0.6) is 0 Å². The van der Waals surface area contributed by atoms with Gasteiger partial charge in [-0.05, 0) is 42.2 Å². The Kier molecular flexibility index (Phi) is 5.85. The van der Waals surface area contributed by atoms with E-state index in [1.807, 2.05) is 66.9 Å². The first-order chi connectivity index (χ1) is 12.6. The van der Waals surface area contributed by atoms with Crippen LogP contribution in [-0.4, -0.2) is 29.5 Å². The highest BCUT2D eigenvalue weighted by Gasteiger charge is 2.32. The summed E-state index contributed by atoms with van der Waals surface area (Å²) in [5.41, 5.74) is 1.73. The number of hydrogen-bond acceptors (Lipinski definition) is 6. The first-order valence-corrected chi connectivity index (χ1v) is 9.86. The van der Waals surface area contributed by atoms with Crippen molar-refractivity contribution in [1.29, 1.82) is 0 Å². The number of rotatable bonds is 4. The van der Waals surface area contributed by atoms with Gasteiger partial charge in [-0.1, -0.05) is 42.1 Å². The second-order valence-corrected chi connectivity index (χ2v) is 7.26. The number of esters is 1. The largest absolute Gasteiger partial charge is 0.506 e. The number of nitrogens with zero attached hydrogens (tertiary/aromatic N) is 1. The number of carbonyl (C=O) groups is 1. The molecule has 26 heavy (non-hydrogen) atoms. The Hall–Kier alpha value is -2.44. The maximum Gasteiger partial charge on any atom is 0.344 e. The van der Waals surface area contributed by atoms with Crippen molar-refractivity contribution in [2.24, 2.45) is 4.99 Å². The normalized spacial score (nSPS) is 17.2. The average Bonchev–Trinajstić information content (AvgIpc) is 2.97. The molecule has 0 aliphatic carbocycles. The Labute approximate surface area is 160 Å². The third-order valence-corrected chi connectivity index (χ3v) is 5.44. The van der Waals surface area contributed by atoms with E-state index in [2.05, 4.69) is 4.99 Å². The number of carbonyl (C=O) groups excluding carboxylic acids is 1. The third kappa shape index (κ3) is 4.03. The van der Waals surface area contributed by atoms with E-state index < -0.39 is 5.97 Å². The molecule has 0 radical (unpaired) electrons. The number of para-hydroxylation sites is 1. The van der Waals surface area contributed by atoms with Crippen LogP contribution in [0.3, 0.4) is 0 Å². The molecule has 0 amide bonds. The predicted octanol–water partition coefficient (Wildman–Crippen LogP) is 5.21. The van der Waals surface area contributed by atoms with Gasteiger partial charge < -0.3 is 9.84 Å². The molecule has 0 atom stereocenters. The maximum atomic E-state index is 12.1. The van der Waals surface area contributed by atoms with Crippen molar-refractivity contribution in [3.63, 3.8) is 0 Å². The summed E-state index contributed by atoms with van der Waals surface area (Å²) in [7, 11) is 1.29. The Morgan fingerprint density at radius 1 is 1.15 bits per heavy atom. The summed E-state index contributed by atoms with van der Waals surface area (Å²) >= 11 is 2.92. The standard InChI is InChI=1S/C20H17NO3S2/c1-24-20(23)17-18(22)16(12-13-8-10-15(25-2)11-9-13)26-19(17)21-14-6-4-3-5-7-14/h3-12,22H,1-2H3. The van der Waals surface area contributed by atoms with E-state index >= 15 is 0 Å². The highest BCUT2D eigenvalue weighted by molar-refractivity contribution is 8.18. The number of aliphatic hydroxyl groups excluding tert-OH is 1. The van der Waals surface area contributed by atoms with E-state index in [9.17, 15) is 9.90 Å². The van der Waals surface area contributed by atoms with Crippen molar-refractivity contribution >= 4 is 46.3 Å². The molecule has 0 bridgehead atoms. The fourth-order valence-corrected chi connectivity index (χ4v) is 3.81. The van der Waals surface area contributed by atoms with Gasteiger partial charge in [0.25, 0.3) is 0 Å². The van der Waals surface area contributed by atoms with Gasteiger partial charge in [0, 0.05) is 4.90 Å². The van der Waals surface area contributed by atoms with E-state index in [1.165, 1.54) is 18.9 Å². The molecule has 132 valence electrons. The number of benzene rings is 2. The zero-order valence-corrected chi connectivity index (χ0v) is 15.9. The van der Waals surface area contributed by atoms with Crippen LogP contribution in [0, 0.1) is 0 Å². The van der Waals surface area contributed by atoms with Crippen LogP contribution in [0.25, 0.3) is 6.08 Å². The second kappa shape index (κ2) is 8.29. The number of aliphatic imine (C=N–C) groups is 1. The summed E-state index contributed by atoms with van der Waals surface area (Å²) in [6.07, 6.45) is 3.85. The Morgan fingerprint density at radius 3 is 2.46 bits per heavy atom. The molecule has 4 nitrogen and oxygen atoms in total. The molecule has 2 aromatic carbocycles. The molecule has 0 saturated heterocycles. The van der Waals surface area contributed by atoms with Crippen LogP contribution in [0.2, 0.25) is 0 Å². The average molecular weight is 383 g/mol. The summed E-state index contributed by atoms with van der Waals surface area (Å²) < 4.78 is 4.82. The minimum atomic E-state index is -0.606. The van der Waals surface area contributed by atoms with E-state index in [0.717, 1.165) is 10.5 Å². The van der Waals surface area contributed by atoms with Crippen LogP contribution in [0.4, 0.5) is 5.69 Å². The molecule has 0 saturated carbocycles. The minimum absolute atomic E-state index is 0.0911. The molecule has 2 aromatic rings. The van der Waals surface area contributed by atoms with Crippen LogP contribution in [-0.2, 0) is 9.53 Å². The van der Waals surface area contributed by atoms with E-state index in [-0.39, 0.29) is 11.3 Å². The van der Waals surface area contributed by atoms with Gasteiger partial charge in [-0.2, -0.15) is 0 Å². The fraction of sp³-hybridized carbons (Fsp3) is 0.100. The molecular weight excluding hydrogens is 366 g/mol. The lowest BCUT2D eigenvalue weighted by molar-refractivity contribution is -0.135. The van der Waals surface area contributed by atoms with Crippen molar-refractivity contribution in [2.45, 2.75) is 4.90 Å². The molecule has 3 rings (SSSR count). The zero-order valence-electron chi connectivity index (χ0n) is 14.3. The third-order valence-electron chi connectivity index (χ3n) is 3.68. The van der Waals surface area contributed by atoms with Crippen LogP contribution in [0.15, 0.2) is 80.7 Å². The highest BCUT2D eigenvalue weighted by atomic mass is 32.2. The van der Waals surface area contributed by atoms with Crippen molar-refractivity contribution in [3.05, 3.63) is 76.4 Å². The Morgan fingerprint density at radius 2 is 1.85 bits per heavy atom. The lowest BCUT2D eigenvalue weighted by Crippen LogP contribution is -2.10. The smallest absolute Gasteiger partial charge is 0.344 e. The first kappa shape index (κ1) is 18.4. The number of methoxy groups -OCH3 is 1. The van der Waals surface area contributed by atoms with Gasteiger partial charge >= 0.3 is 5.97 Å². The van der Waals surface area contributed by atoms with Gasteiger partial charge in [-0.3, -0.25) is 0 Å². The highest BCUT2D eigenvalue weighted by Crippen LogP contribution is 2.40. The summed E-state index contributed by atoms with van der Waals surface area (Å²) in [5.74, 6) is -0.712. The molecule has 0 spiro atoms. The number of aliphatic hydroxyl groups is 1. The topological polar surface area (TPSA) is 58.9 Å². The number of hydrogen-bond donors (Lipinski definition) is 1. The Bertz CT molecular complexity index is 900. The molecule has 1 N–H and O–H groups in total. The summed E-state index contributed by atoms with van der Waals surface area (Å²) in [6.45, 7) is 0. The second-order valence-electron chi connectivity index (χ2n) is 5.35. The maximum absolute atomic E-state index is 12.1. The van der Waals surface area contributed by atoms with E-state index in [4.69, 9.17) is 4.74 Å². The van der Waals surface area contributed by atoms with Gasteiger partial charge in [-0.15, -0.1) is 11.8 Å². The predicted molar refractivity (Wildman–Crippen MR) is 109 cm³/mol. The van der Waals surface area contributed by atoms with Crippen molar-refractivity contribution in [3.8, 4) is 0 Å². The van der Waals surface area contributed by atoms with Gasteiger partial charge in [-0.25, -0.2) is 9.79 Å². The lowest BCUT2D eigenvalue weighted by Gasteiger charge is -2.01. The van der Waals surface area contributed by atoms with Crippen molar-refractivity contribution in [2.75, 3.05) is 13.4 Å². The van der Waals surface area contributed by atoms with Gasteiger partial charge in [0.15, 0.2) is 0 Å². The number of ether oxygens (including phenoxy) is 1.